The minimum atomic E-state index is -0.854. The number of para-hydroxylation sites is 1. The van der Waals surface area contributed by atoms with Crippen molar-refractivity contribution in [3.05, 3.63) is 83.4 Å². The van der Waals surface area contributed by atoms with E-state index in [-0.39, 0.29) is 13.0 Å². The lowest BCUT2D eigenvalue weighted by atomic mass is 10.2. The van der Waals surface area contributed by atoms with Crippen molar-refractivity contribution in [2.24, 2.45) is 0 Å². The molecule has 8 heteroatoms. The summed E-state index contributed by atoms with van der Waals surface area (Å²) in [6.07, 6.45) is 2.21. The van der Waals surface area contributed by atoms with Gasteiger partial charge in [-0.15, -0.1) is 5.10 Å². The standard InChI is InChI=1S/C26H27N3O5/c1-3-32-26-21(13-14-24(30)31)16-29(28-26)15-20-11-7-8-12-23(20)33-17-22-18(2)34-25(27-22)19-9-5-4-6-10-19/h4-12,16H,3,13-15,17H2,1-2H3,(H,30,31). The molecule has 0 saturated heterocycles. The minimum absolute atomic E-state index is 0.0213. The first kappa shape index (κ1) is 23.1. The van der Waals surface area contributed by atoms with Gasteiger partial charge >= 0.3 is 5.97 Å². The van der Waals surface area contributed by atoms with Crippen LogP contribution in [0.15, 0.2) is 65.2 Å². The third-order valence-corrected chi connectivity index (χ3v) is 5.27. The SMILES string of the molecule is CCOc1nn(Cc2ccccc2OCc2nc(-c3ccccc3)oc2C)cc1CCC(=O)O. The molecule has 2 aromatic carbocycles. The molecule has 8 nitrogen and oxygen atoms in total. The Kier molecular flexibility index (Phi) is 7.27. The number of hydrogen-bond donors (Lipinski definition) is 1. The van der Waals surface area contributed by atoms with Crippen molar-refractivity contribution in [3.63, 3.8) is 0 Å². The fraction of sp³-hybridized carbons (Fsp3) is 0.269. The molecule has 0 aliphatic rings. The summed E-state index contributed by atoms with van der Waals surface area (Å²) in [5.41, 5.74) is 3.36. The number of benzene rings is 2. The summed E-state index contributed by atoms with van der Waals surface area (Å²) >= 11 is 0. The summed E-state index contributed by atoms with van der Waals surface area (Å²) in [4.78, 5) is 15.6. The molecule has 0 aliphatic heterocycles. The molecular formula is C26H27N3O5. The van der Waals surface area contributed by atoms with Crippen LogP contribution in [-0.4, -0.2) is 32.4 Å². The molecule has 0 fully saturated rings. The van der Waals surface area contributed by atoms with Crippen LogP contribution >= 0.6 is 0 Å². The molecule has 2 heterocycles. The zero-order chi connectivity index (χ0) is 23.9. The van der Waals surface area contributed by atoms with Crippen LogP contribution in [0.1, 0.15) is 35.9 Å². The van der Waals surface area contributed by atoms with Gasteiger partial charge in [-0.3, -0.25) is 9.48 Å². The van der Waals surface area contributed by atoms with Crippen molar-refractivity contribution in [2.75, 3.05) is 6.61 Å². The van der Waals surface area contributed by atoms with E-state index in [2.05, 4.69) is 10.1 Å². The van der Waals surface area contributed by atoms with Crippen molar-refractivity contribution in [3.8, 4) is 23.1 Å². The number of carboxylic acids is 1. The Labute approximate surface area is 197 Å². The van der Waals surface area contributed by atoms with Gasteiger partial charge in [-0.1, -0.05) is 36.4 Å². The molecule has 176 valence electrons. The highest BCUT2D eigenvalue weighted by Crippen LogP contribution is 2.25. The highest BCUT2D eigenvalue weighted by Gasteiger charge is 2.15. The van der Waals surface area contributed by atoms with Crippen molar-refractivity contribution in [2.45, 2.75) is 39.8 Å². The topological polar surface area (TPSA) is 99.6 Å². The summed E-state index contributed by atoms with van der Waals surface area (Å²) < 4.78 is 19.3. The Bertz CT molecular complexity index is 1250. The molecule has 4 rings (SSSR count). The predicted molar refractivity (Wildman–Crippen MR) is 126 cm³/mol. The normalized spacial score (nSPS) is 10.9. The van der Waals surface area contributed by atoms with E-state index in [9.17, 15) is 4.79 Å². The van der Waals surface area contributed by atoms with Crippen LogP contribution in [0.2, 0.25) is 0 Å². The number of ether oxygens (including phenoxy) is 2. The number of oxazole rings is 1. The van der Waals surface area contributed by atoms with E-state index in [0.717, 1.165) is 22.4 Å². The molecule has 34 heavy (non-hydrogen) atoms. The highest BCUT2D eigenvalue weighted by atomic mass is 16.5. The predicted octanol–water partition coefficient (Wildman–Crippen LogP) is 4.89. The number of aryl methyl sites for hydroxylation is 2. The summed E-state index contributed by atoms with van der Waals surface area (Å²) in [6.45, 7) is 4.93. The largest absolute Gasteiger partial charge is 0.487 e. The summed E-state index contributed by atoms with van der Waals surface area (Å²) in [5, 5.41) is 13.5. The van der Waals surface area contributed by atoms with Gasteiger partial charge in [0.05, 0.1) is 13.2 Å². The summed E-state index contributed by atoms with van der Waals surface area (Å²) in [7, 11) is 0. The lowest BCUT2D eigenvalue weighted by Gasteiger charge is -2.11. The fourth-order valence-electron chi connectivity index (χ4n) is 3.56. The van der Waals surface area contributed by atoms with Gasteiger partial charge in [0.2, 0.25) is 11.8 Å². The van der Waals surface area contributed by atoms with E-state index < -0.39 is 5.97 Å². The molecular weight excluding hydrogens is 434 g/mol. The average Bonchev–Trinajstić information content (AvgIpc) is 3.40. The number of carboxylic acid groups (broad SMARTS) is 1. The van der Waals surface area contributed by atoms with Crippen LogP contribution in [0, 0.1) is 6.92 Å². The maximum absolute atomic E-state index is 11.0. The molecule has 2 aromatic heterocycles. The molecule has 0 bridgehead atoms. The number of carbonyl (C=O) groups is 1. The van der Waals surface area contributed by atoms with Crippen LogP contribution in [0.25, 0.3) is 11.5 Å². The number of hydrogen-bond acceptors (Lipinski definition) is 6. The van der Waals surface area contributed by atoms with Gasteiger partial charge < -0.3 is 19.0 Å². The molecule has 0 saturated carbocycles. The van der Waals surface area contributed by atoms with E-state index in [1.165, 1.54) is 0 Å². The molecule has 0 unspecified atom stereocenters. The van der Waals surface area contributed by atoms with Gasteiger partial charge in [0.15, 0.2) is 0 Å². The first-order valence-corrected chi connectivity index (χ1v) is 11.2. The van der Waals surface area contributed by atoms with E-state index in [1.54, 1.807) is 4.68 Å². The molecule has 0 radical (unpaired) electrons. The molecule has 1 N–H and O–H groups in total. The summed E-state index contributed by atoms with van der Waals surface area (Å²) in [6, 6.07) is 17.5. The Morgan fingerprint density at radius 1 is 1.06 bits per heavy atom. The maximum Gasteiger partial charge on any atom is 0.303 e. The van der Waals surface area contributed by atoms with Gasteiger partial charge in [0.1, 0.15) is 23.8 Å². The quantitative estimate of drug-likeness (QED) is 0.339. The first-order chi connectivity index (χ1) is 16.5. The average molecular weight is 462 g/mol. The second kappa shape index (κ2) is 10.7. The van der Waals surface area contributed by atoms with Crippen LogP contribution in [0.4, 0.5) is 0 Å². The van der Waals surface area contributed by atoms with Crippen molar-refractivity contribution in [1.82, 2.24) is 14.8 Å². The number of aromatic nitrogens is 3. The van der Waals surface area contributed by atoms with Crippen LogP contribution in [0.3, 0.4) is 0 Å². The molecule has 0 aliphatic carbocycles. The van der Waals surface area contributed by atoms with E-state index in [4.69, 9.17) is 19.0 Å². The van der Waals surface area contributed by atoms with E-state index in [1.807, 2.05) is 74.6 Å². The number of aliphatic carboxylic acids is 1. The monoisotopic (exact) mass is 461 g/mol. The van der Waals surface area contributed by atoms with E-state index in [0.29, 0.717) is 42.9 Å². The second-order valence-corrected chi connectivity index (χ2v) is 7.77. The second-order valence-electron chi connectivity index (χ2n) is 7.77. The molecule has 0 spiro atoms. The fourth-order valence-corrected chi connectivity index (χ4v) is 3.56. The summed E-state index contributed by atoms with van der Waals surface area (Å²) in [5.74, 6) is 1.61. The lowest BCUT2D eigenvalue weighted by molar-refractivity contribution is -0.136. The van der Waals surface area contributed by atoms with Gasteiger partial charge in [-0.2, -0.15) is 0 Å². The van der Waals surface area contributed by atoms with Gasteiger partial charge in [0.25, 0.3) is 0 Å². The van der Waals surface area contributed by atoms with Gasteiger partial charge in [0, 0.05) is 29.3 Å². The van der Waals surface area contributed by atoms with Crippen LogP contribution in [0.5, 0.6) is 11.6 Å². The number of rotatable bonds is 11. The van der Waals surface area contributed by atoms with E-state index >= 15 is 0 Å². The number of nitrogens with zero attached hydrogens (tertiary/aromatic N) is 3. The van der Waals surface area contributed by atoms with Crippen molar-refractivity contribution in [1.29, 1.82) is 0 Å². The van der Waals surface area contributed by atoms with Crippen molar-refractivity contribution < 1.29 is 23.8 Å². The smallest absolute Gasteiger partial charge is 0.303 e. The van der Waals surface area contributed by atoms with Crippen molar-refractivity contribution >= 4 is 5.97 Å². The molecule has 0 amide bonds. The maximum atomic E-state index is 11.0. The highest BCUT2D eigenvalue weighted by molar-refractivity contribution is 5.67. The van der Waals surface area contributed by atoms with Gasteiger partial charge in [-0.05, 0) is 38.5 Å². The minimum Gasteiger partial charge on any atom is -0.487 e. The zero-order valence-electron chi connectivity index (χ0n) is 19.2. The van der Waals surface area contributed by atoms with Crippen LogP contribution in [-0.2, 0) is 24.4 Å². The van der Waals surface area contributed by atoms with Crippen LogP contribution < -0.4 is 9.47 Å². The van der Waals surface area contributed by atoms with Gasteiger partial charge in [-0.25, -0.2) is 4.98 Å². The Morgan fingerprint density at radius 3 is 2.59 bits per heavy atom. The molecule has 4 aromatic rings. The third-order valence-electron chi connectivity index (χ3n) is 5.27. The third kappa shape index (κ3) is 5.64. The lowest BCUT2D eigenvalue weighted by Crippen LogP contribution is -2.05. The Morgan fingerprint density at radius 2 is 1.82 bits per heavy atom. The molecule has 0 atom stereocenters. The first-order valence-electron chi connectivity index (χ1n) is 11.2. The Hall–Kier alpha value is -4.07. The Balaban J connectivity index is 1.48. The zero-order valence-corrected chi connectivity index (χ0v) is 19.2.